The Hall–Kier alpha value is -1.81. The summed E-state index contributed by atoms with van der Waals surface area (Å²) in [7, 11) is 0. The first-order valence-electron chi connectivity index (χ1n) is 6.61. The van der Waals surface area contributed by atoms with Crippen molar-refractivity contribution < 1.29 is 9.53 Å². The molecule has 2 unspecified atom stereocenters. The van der Waals surface area contributed by atoms with E-state index in [1.807, 2.05) is 31.2 Å². The number of amides is 1. The molecule has 0 aromatic heterocycles. The van der Waals surface area contributed by atoms with E-state index < -0.39 is 0 Å². The Labute approximate surface area is 113 Å². The number of hydrogen-bond acceptors (Lipinski definition) is 3. The van der Waals surface area contributed by atoms with Crippen LogP contribution in [0.5, 0.6) is 0 Å². The van der Waals surface area contributed by atoms with Gasteiger partial charge in [0.1, 0.15) is 0 Å². The molecule has 19 heavy (non-hydrogen) atoms. The molecule has 1 aromatic carbocycles. The van der Waals surface area contributed by atoms with Crippen LogP contribution >= 0.6 is 0 Å². The zero-order valence-corrected chi connectivity index (χ0v) is 11.1. The average Bonchev–Trinajstić information content (AvgIpc) is 2.90. The van der Waals surface area contributed by atoms with Crippen molar-refractivity contribution in [1.82, 2.24) is 5.32 Å². The van der Waals surface area contributed by atoms with Gasteiger partial charge in [-0.05, 0) is 43.5 Å². The second kappa shape index (κ2) is 6.38. The van der Waals surface area contributed by atoms with E-state index in [0.29, 0.717) is 5.69 Å². The van der Waals surface area contributed by atoms with Crippen molar-refractivity contribution in [1.29, 1.82) is 0 Å². The molecule has 1 heterocycles. The van der Waals surface area contributed by atoms with Crippen molar-refractivity contribution in [2.45, 2.75) is 31.9 Å². The highest BCUT2D eigenvalue weighted by Crippen LogP contribution is 2.15. The molecule has 1 aromatic rings. The highest BCUT2D eigenvalue weighted by atomic mass is 16.5. The Morgan fingerprint density at radius 3 is 3.11 bits per heavy atom. The van der Waals surface area contributed by atoms with Crippen molar-refractivity contribution >= 4 is 17.7 Å². The molecule has 1 aliphatic rings. The number of ether oxygens (including phenoxy) is 1. The van der Waals surface area contributed by atoms with Gasteiger partial charge >= 0.3 is 0 Å². The van der Waals surface area contributed by atoms with Gasteiger partial charge < -0.3 is 15.8 Å². The molecule has 1 saturated heterocycles. The first-order valence-corrected chi connectivity index (χ1v) is 6.61. The molecule has 3 N–H and O–H groups in total. The van der Waals surface area contributed by atoms with E-state index in [1.54, 1.807) is 6.08 Å². The Morgan fingerprint density at radius 2 is 2.42 bits per heavy atom. The van der Waals surface area contributed by atoms with E-state index in [1.165, 1.54) is 6.08 Å². The molecule has 2 rings (SSSR count). The van der Waals surface area contributed by atoms with Crippen LogP contribution in [-0.4, -0.2) is 24.7 Å². The quantitative estimate of drug-likeness (QED) is 0.642. The maximum atomic E-state index is 11.8. The summed E-state index contributed by atoms with van der Waals surface area (Å²) >= 11 is 0. The number of carbonyl (C=O) groups is 1. The zero-order chi connectivity index (χ0) is 13.7. The van der Waals surface area contributed by atoms with Crippen LogP contribution in [0.15, 0.2) is 30.3 Å². The summed E-state index contributed by atoms with van der Waals surface area (Å²) in [5, 5.41) is 2.92. The van der Waals surface area contributed by atoms with E-state index in [4.69, 9.17) is 10.5 Å². The highest BCUT2D eigenvalue weighted by molar-refractivity contribution is 5.92. The van der Waals surface area contributed by atoms with Crippen LogP contribution in [0.1, 0.15) is 25.3 Å². The highest BCUT2D eigenvalue weighted by Gasteiger charge is 2.22. The van der Waals surface area contributed by atoms with Crippen molar-refractivity contribution in [3.05, 3.63) is 35.9 Å². The van der Waals surface area contributed by atoms with Crippen LogP contribution < -0.4 is 11.1 Å². The zero-order valence-electron chi connectivity index (χ0n) is 11.1. The lowest BCUT2D eigenvalue weighted by molar-refractivity contribution is -0.117. The third-order valence-electron chi connectivity index (χ3n) is 3.23. The SMILES string of the molecule is CC(NC(=O)/C=C/c1cccc(N)c1)C1CCCO1. The van der Waals surface area contributed by atoms with E-state index in [2.05, 4.69) is 5.32 Å². The number of rotatable bonds is 4. The lowest BCUT2D eigenvalue weighted by atomic mass is 10.1. The third-order valence-corrected chi connectivity index (χ3v) is 3.23. The van der Waals surface area contributed by atoms with Gasteiger partial charge in [-0.2, -0.15) is 0 Å². The molecular weight excluding hydrogens is 240 g/mol. The first-order chi connectivity index (χ1) is 9.15. The Balaban J connectivity index is 1.86. The van der Waals surface area contributed by atoms with Gasteiger partial charge in [0, 0.05) is 18.4 Å². The van der Waals surface area contributed by atoms with Crippen molar-refractivity contribution in [3.8, 4) is 0 Å². The minimum atomic E-state index is -0.106. The van der Waals surface area contributed by atoms with Crippen molar-refractivity contribution in [2.24, 2.45) is 0 Å². The predicted octanol–water partition coefficient (Wildman–Crippen LogP) is 1.97. The van der Waals surface area contributed by atoms with Gasteiger partial charge in [0.25, 0.3) is 0 Å². The topological polar surface area (TPSA) is 64.4 Å². The first kappa shape index (κ1) is 13.6. The molecule has 4 heteroatoms. The summed E-state index contributed by atoms with van der Waals surface area (Å²) in [6.07, 6.45) is 5.52. The van der Waals surface area contributed by atoms with Crippen LogP contribution in [-0.2, 0) is 9.53 Å². The lowest BCUT2D eigenvalue weighted by Gasteiger charge is -2.18. The molecule has 102 valence electrons. The van der Waals surface area contributed by atoms with Gasteiger partial charge in [-0.1, -0.05) is 12.1 Å². The minimum Gasteiger partial charge on any atom is -0.399 e. The van der Waals surface area contributed by atoms with Gasteiger partial charge in [-0.3, -0.25) is 4.79 Å². The van der Waals surface area contributed by atoms with Crippen molar-refractivity contribution in [3.63, 3.8) is 0 Å². The Kier molecular flexibility index (Phi) is 4.58. The fourth-order valence-corrected chi connectivity index (χ4v) is 2.20. The summed E-state index contributed by atoms with van der Waals surface area (Å²) < 4.78 is 5.54. The third kappa shape index (κ3) is 4.10. The predicted molar refractivity (Wildman–Crippen MR) is 76.5 cm³/mol. The van der Waals surface area contributed by atoms with Crippen LogP contribution in [0.3, 0.4) is 0 Å². The van der Waals surface area contributed by atoms with E-state index >= 15 is 0 Å². The van der Waals surface area contributed by atoms with Gasteiger partial charge in [-0.25, -0.2) is 0 Å². The maximum Gasteiger partial charge on any atom is 0.244 e. The molecule has 2 atom stereocenters. The summed E-state index contributed by atoms with van der Waals surface area (Å²) in [5.41, 5.74) is 7.28. The lowest BCUT2D eigenvalue weighted by Crippen LogP contribution is -2.40. The number of benzene rings is 1. The van der Waals surface area contributed by atoms with Crippen LogP contribution in [0.2, 0.25) is 0 Å². The fraction of sp³-hybridized carbons (Fsp3) is 0.400. The standard InChI is InChI=1S/C15H20N2O2/c1-11(14-6-3-9-19-14)17-15(18)8-7-12-4-2-5-13(16)10-12/h2,4-5,7-8,10-11,14H,3,6,9,16H2,1H3,(H,17,18)/b8-7+. The summed E-state index contributed by atoms with van der Waals surface area (Å²) in [5.74, 6) is -0.106. The van der Waals surface area contributed by atoms with Gasteiger partial charge in [0.05, 0.1) is 12.1 Å². The van der Waals surface area contributed by atoms with E-state index in [9.17, 15) is 4.79 Å². The number of carbonyl (C=O) groups excluding carboxylic acids is 1. The Morgan fingerprint density at radius 1 is 1.58 bits per heavy atom. The smallest absolute Gasteiger partial charge is 0.244 e. The summed E-state index contributed by atoms with van der Waals surface area (Å²) in [4.78, 5) is 11.8. The molecule has 1 amide bonds. The second-order valence-electron chi connectivity index (χ2n) is 4.85. The van der Waals surface area contributed by atoms with E-state index in [-0.39, 0.29) is 18.1 Å². The van der Waals surface area contributed by atoms with Crippen molar-refractivity contribution in [2.75, 3.05) is 12.3 Å². The molecular formula is C15H20N2O2. The number of nitrogens with one attached hydrogen (secondary N) is 1. The monoisotopic (exact) mass is 260 g/mol. The molecule has 0 aliphatic carbocycles. The van der Waals surface area contributed by atoms with Gasteiger partial charge in [0.2, 0.25) is 5.91 Å². The minimum absolute atomic E-state index is 0.0421. The van der Waals surface area contributed by atoms with Gasteiger partial charge in [0.15, 0.2) is 0 Å². The molecule has 1 fully saturated rings. The molecule has 0 spiro atoms. The Bertz CT molecular complexity index is 465. The fourth-order valence-electron chi connectivity index (χ4n) is 2.20. The molecule has 0 saturated carbocycles. The molecule has 0 bridgehead atoms. The largest absolute Gasteiger partial charge is 0.399 e. The van der Waals surface area contributed by atoms with Crippen LogP contribution in [0.25, 0.3) is 6.08 Å². The second-order valence-corrected chi connectivity index (χ2v) is 4.85. The van der Waals surface area contributed by atoms with Crippen LogP contribution in [0.4, 0.5) is 5.69 Å². The summed E-state index contributed by atoms with van der Waals surface area (Å²) in [6, 6.07) is 7.45. The van der Waals surface area contributed by atoms with Gasteiger partial charge in [-0.15, -0.1) is 0 Å². The number of nitrogens with two attached hydrogens (primary N) is 1. The van der Waals surface area contributed by atoms with E-state index in [0.717, 1.165) is 25.0 Å². The van der Waals surface area contributed by atoms with Crippen LogP contribution in [0, 0.1) is 0 Å². The maximum absolute atomic E-state index is 11.8. The molecule has 0 radical (unpaired) electrons. The number of hydrogen-bond donors (Lipinski definition) is 2. The summed E-state index contributed by atoms with van der Waals surface area (Å²) in [6.45, 7) is 2.77. The molecule has 4 nitrogen and oxygen atoms in total. The number of nitrogen functional groups attached to an aromatic ring is 1. The molecule has 1 aliphatic heterocycles. The normalized spacial score (nSPS) is 20.6. The number of anilines is 1. The average molecular weight is 260 g/mol.